The zero-order chi connectivity index (χ0) is 23.1. The first-order chi connectivity index (χ1) is 15.3. The number of carboxylic acids is 1. The zero-order valence-corrected chi connectivity index (χ0v) is 17.7. The highest BCUT2D eigenvalue weighted by atomic mass is 32.2. The van der Waals surface area contributed by atoms with Crippen molar-refractivity contribution in [3.8, 4) is 0 Å². The van der Waals surface area contributed by atoms with E-state index in [1.54, 1.807) is 18.2 Å². The van der Waals surface area contributed by atoms with Gasteiger partial charge in [-0.1, -0.05) is 60.7 Å². The minimum Gasteiger partial charge on any atom is -0.481 e. The van der Waals surface area contributed by atoms with Crippen molar-refractivity contribution in [2.75, 3.05) is 6.61 Å². The number of rotatable bonds is 10. The van der Waals surface area contributed by atoms with Gasteiger partial charge in [-0.3, -0.25) is 14.4 Å². The molecule has 0 bridgehead atoms. The monoisotopic (exact) mass is 455 g/mol. The quantitative estimate of drug-likeness (QED) is 0.449. The third-order valence-corrected chi connectivity index (χ3v) is 6.20. The summed E-state index contributed by atoms with van der Waals surface area (Å²) in [6.45, 7) is -0.751. The molecule has 0 amide bonds. The van der Waals surface area contributed by atoms with Crippen molar-refractivity contribution in [1.29, 1.82) is 0 Å². The van der Waals surface area contributed by atoms with Crippen molar-refractivity contribution in [1.82, 2.24) is 4.72 Å². The first-order valence-electron chi connectivity index (χ1n) is 9.70. The van der Waals surface area contributed by atoms with Crippen molar-refractivity contribution < 1.29 is 32.6 Å². The van der Waals surface area contributed by atoms with Crippen LogP contribution >= 0.6 is 0 Å². The Kier molecular flexibility index (Phi) is 7.34. The fraction of sp³-hybridized carbons (Fsp3) is 0.174. The molecule has 3 rings (SSSR count). The maximum atomic E-state index is 12.5. The summed E-state index contributed by atoms with van der Waals surface area (Å²) in [5, 5.41) is 10.9. The molecule has 166 valence electrons. The molecule has 3 aromatic rings. The number of ether oxygens (including phenoxy) is 1. The van der Waals surface area contributed by atoms with Gasteiger partial charge in [0.05, 0.1) is 23.8 Å². The molecule has 0 aromatic heterocycles. The van der Waals surface area contributed by atoms with Crippen LogP contribution in [0.5, 0.6) is 0 Å². The van der Waals surface area contributed by atoms with Crippen LogP contribution in [0.1, 0.15) is 12.0 Å². The number of aliphatic carboxylic acids is 1. The lowest BCUT2D eigenvalue weighted by Gasteiger charge is -2.16. The summed E-state index contributed by atoms with van der Waals surface area (Å²) in [5.74, 6) is -2.92. The first-order valence-corrected chi connectivity index (χ1v) is 11.2. The predicted octanol–water partition coefficient (Wildman–Crippen LogP) is 2.32. The van der Waals surface area contributed by atoms with Crippen LogP contribution in [0.25, 0.3) is 10.8 Å². The minimum atomic E-state index is -4.14. The summed E-state index contributed by atoms with van der Waals surface area (Å²) in [4.78, 5) is 35.8. The number of Topliss-reactive ketones (excluding diaryl/α,β-unsaturated/α-hetero) is 1. The van der Waals surface area contributed by atoms with Gasteiger partial charge in [0.25, 0.3) is 0 Å². The summed E-state index contributed by atoms with van der Waals surface area (Å²) in [5.41, 5.74) is 0.715. The van der Waals surface area contributed by atoms with Gasteiger partial charge < -0.3 is 9.84 Å². The fourth-order valence-electron chi connectivity index (χ4n) is 3.16. The summed E-state index contributed by atoms with van der Waals surface area (Å²) < 4.78 is 32.0. The lowest BCUT2D eigenvalue weighted by molar-refractivity contribution is -0.148. The maximum absolute atomic E-state index is 12.5. The summed E-state index contributed by atoms with van der Waals surface area (Å²) in [6, 6.07) is 18.6. The van der Waals surface area contributed by atoms with Crippen LogP contribution in [0, 0.1) is 0 Å². The molecule has 9 heteroatoms. The second-order valence-electron chi connectivity index (χ2n) is 7.03. The number of carbonyl (C=O) groups excluding carboxylic acids is 2. The van der Waals surface area contributed by atoms with Crippen LogP contribution < -0.4 is 4.72 Å². The fourth-order valence-corrected chi connectivity index (χ4v) is 4.40. The molecule has 0 aliphatic heterocycles. The van der Waals surface area contributed by atoms with Crippen molar-refractivity contribution in [3.05, 3.63) is 78.4 Å². The lowest BCUT2D eigenvalue weighted by Crippen LogP contribution is -2.44. The van der Waals surface area contributed by atoms with E-state index in [0.717, 1.165) is 10.8 Å². The maximum Gasteiger partial charge on any atom is 0.310 e. The van der Waals surface area contributed by atoms with Gasteiger partial charge >= 0.3 is 11.9 Å². The molecule has 1 atom stereocenters. The minimum absolute atomic E-state index is 0.0893. The van der Waals surface area contributed by atoms with Crippen LogP contribution in [0.2, 0.25) is 0 Å². The number of ketones is 1. The highest BCUT2D eigenvalue weighted by molar-refractivity contribution is 7.89. The van der Waals surface area contributed by atoms with E-state index in [1.165, 1.54) is 24.3 Å². The highest BCUT2D eigenvalue weighted by Crippen LogP contribution is 2.19. The Balaban J connectivity index is 1.66. The number of esters is 1. The summed E-state index contributed by atoms with van der Waals surface area (Å²) in [7, 11) is -4.14. The molecule has 0 aliphatic rings. The van der Waals surface area contributed by atoms with E-state index in [-0.39, 0.29) is 11.3 Å². The molecule has 0 aliphatic carbocycles. The molecular weight excluding hydrogens is 434 g/mol. The van der Waals surface area contributed by atoms with Crippen LogP contribution in [0.15, 0.2) is 77.7 Å². The van der Waals surface area contributed by atoms with Crippen LogP contribution in [0.4, 0.5) is 0 Å². The molecule has 0 radical (unpaired) electrons. The smallest absolute Gasteiger partial charge is 0.310 e. The van der Waals surface area contributed by atoms with E-state index in [1.807, 2.05) is 30.3 Å². The number of benzene rings is 3. The van der Waals surface area contributed by atoms with Crippen molar-refractivity contribution >= 4 is 38.5 Å². The van der Waals surface area contributed by atoms with Gasteiger partial charge in [-0.15, -0.1) is 0 Å². The topological polar surface area (TPSA) is 127 Å². The van der Waals surface area contributed by atoms with E-state index in [4.69, 9.17) is 9.84 Å². The standard InChI is InChI=1S/C23H21NO7S/c25-21(20(14-22(26)27)24-32(29,30)18-10-2-1-3-11-18)15-31-23(28)13-17-9-6-8-16-7-4-5-12-19(16)17/h1-12,20,24H,13-15H2,(H,26,27). The number of hydrogen-bond acceptors (Lipinski definition) is 6. The van der Waals surface area contributed by atoms with Crippen molar-refractivity contribution in [2.24, 2.45) is 0 Å². The molecule has 8 nitrogen and oxygen atoms in total. The van der Waals surface area contributed by atoms with Crippen molar-refractivity contribution in [3.63, 3.8) is 0 Å². The first kappa shape index (κ1) is 23.1. The second-order valence-corrected chi connectivity index (χ2v) is 8.74. The lowest BCUT2D eigenvalue weighted by atomic mass is 10.0. The second kappa shape index (κ2) is 10.2. The number of carbonyl (C=O) groups is 3. The zero-order valence-electron chi connectivity index (χ0n) is 16.9. The largest absolute Gasteiger partial charge is 0.481 e. The Hall–Kier alpha value is -3.56. The molecule has 32 heavy (non-hydrogen) atoms. The molecule has 0 saturated heterocycles. The third-order valence-electron chi connectivity index (χ3n) is 4.71. The number of carboxylic acid groups (broad SMARTS) is 1. The van der Waals surface area contributed by atoms with Crippen LogP contribution in [0.3, 0.4) is 0 Å². The number of hydrogen-bond donors (Lipinski definition) is 2. The molecule has 0 spiro atoms. The van der Waals surface area contributed by atoms with E-state index >= 15 is 0 Å². The molecular formula is C23H21NO7S. The van der Waals surface area contributed by atoms with E-state index in [2.05, 4.69) is 4.72 Å². The normalized spacial score (nSPS) is 12.2. The van der Waals surface area contributed by atoms with Gasteiger partial charge in [0.15, 0.2) is 12.4 Å². The van der Waals surface area contributed by atoms with Crippen LogP contribution in [-0.2, 0) is 35.6 Å². The molecule has 0 heterocycles. The summed E-state index contributed by atoms with van der Waals surface area (Å²) >= 11 is 0. The Morgan fingerprint density at radius 2 is 1.56 bits per heavy atom. The van der Waals surface area contributed by atoms with E-state index in [9.17, 15) is 22.8 Å². The van der Waals surface area contributed by atoms with Gasteiger partial charge in [0.2, 0.25) is 10.0 Å². The molecule has 0 fully saturated rings. The van der Waals surface area contributed by atoms with Gasteiger partial charge in [-0.05, 0) is 28.5 Å². The van der Waals surface area contributed by atoms with Gasteiger partial charge in [-0.25, -0.2) is 8.42 Å². The number of sulfonamides is 1. The Morgan fingerprint density at radius 3 is 2.28 bits per heavy atom. The van der Waals surface area contributed by atoms with E-state index < -0.39 is 46.8 Å². The SMILES string of the molecule is O=C(O)CC(NS(=O)(=O)c1ccccc1)C(=O)COC(=O)Cc1cccc2ccccc12. The Labute approximate surface area is 184 Å². The third kappa shape index (κ3) is 5.99. The molecule has 2 N–H and O–H groups in total. The molecule has 3 aromatic carbocycles. The van der Waals surface area contributed by atoms with Crippen molar-refractivity contribution in [2.45, 2.75) is 23.8 Å². The Bertz CT molecular complexity index is 1230. The average molecular weight is 455 g/mol. The van der Waals surface area contributed by atoms with Gasteiger partial charge in [-0.2, -0.15) is 4.72 Å². The Morgan fingerprint density at radius 1 is 0.906 bits per heavy atom. The number of nitrogens with one attached hydrogen (secondary N) is 1. The van der Waals surface area contributed by atoms with E-state index in [0.29, 0.717) is 5.56 Å². The summed E-state index contributed by atoms with van der Waals surface area (Å²) in [6.07, 6.45) is -0.875. The molecule has 0 saturated carbocycles. The van der Waals surface area contributed by atoms with Gasteiger partial charge in [0, 0.05) is 0 Å². The predicted molar refractivity (Wildman–Crippen MR) is 116 cm³/mol. The highest BCUT2D eigenvalue weighted by Gasteiger charge is 2.28. The van der Waals surface area contributed by atoms with Gasteiger partial charge in [0.1, 0.15) is 0 Å². The number of fused-ring (bicyclic) bond motifs is 1. The average Bonchev–Trinajstić information content (AvgIpc) is 2.77. The van der Waals surface area contributed by atoms with Crippen LogP contribution in [-0.4, -0.2) is 43.9 Å². The molecule has 1 unspecified atom stereocenters.